The Morgan fingerprint density at radius 1 is 1.09 bits per heavy atom. The van der Waals surface area contributed by atoms with Gasteiger partial charge < -0.3 is 14.5 Å². The summed E-state index contributed by atoms with van der Waals surface area (Å²) in [5.41, 5.74) is 3.79. The second kappa shape index (κ2) is 9.04. The molecule has 0 atom stereocenters. The van der Waals surface area contributed by atoms with Crippen LogP contribution in [-0.2, 0) is 0 Å². The summed E-state index contributed by atoms with van der Waals surface area (Å²) in [5.74, 6) is 4.05. The predicted molar refractivity (Wildman–Crippen MR) is 123 cm³/mol. The van der Waals surface area contributed by atoms with Gasteiger partial charge in [0.1, 0.15) is 29.6 Å². The number of hydrogen-bond donors (Lipinski definition) is 1. The van der Waals surface area contributed by atoms with E-state index in [0.29, 0.717) is 29.1 Å². The Labute approximate surface area is 188 Å². The third kappa shape index (κ3) is 4.47. The lowest BCUT2D eigenvalue weighted by molar-refractivity contribution is 0.338. The molecule has 2 fully saturated rings. The first-order valence-electron chi connectivity index (χ1n) is 11.5. The average Bonchev–Trinajstić information content (AvgIpc) is 3.59. The van der Waals surface area contributed by atoms with Crippen LogP contribution >= 0.6 is 0 Å². The molecule has 5 rings (SSSR count). The fourth-order valence-corrected chi connectivity index (χ4v) is 4.64. The van der Waals surface area contributed by atoms with E-state index < -0.39 is 0 Å². The van der Waals surface area contributed by atoms with Gasteiger partial charge in [0.15, 0.2) is 5.89 Å². The summed E-state index contributed by atoms with van der Waals surface area (Å²) in [7, 11) is 1.61. The van der Waals surface area contributed by atoms with Crippen LogP contribution in [0.1, 0.15) is 67.4 Å². The lowest BCUT2D eigenvalue weighted by atomic mass is 9.78. The van der Waals surface area contributed by atoms with Crippen LogP contribution in [0.25, 0.3) is 11.3 Å². The van der Waals surface area contributed by atoms with Gasteiger partial charge in [0.2, 0.25) is 0 Å². The van der Waals surface area contributed by atoms with E-state index in [1.54, 1.807) is 13.4 Å². The molecular weight excluding hydrogens is 400 g/mol. The van der Waals surface area contributed by atoms with Crippen LogP contribution in [0.2, 0.25) is 0 Å². The summed E-state index contributed by atoms with van der Waals surface area (Å²) in [6.45, 7) is 0.918. The van der Waals surface area contributed by atoms with Crippen LogP contribution in [0.3, 0.4) is 0 Å². The van der Waals surface area contributed by atoms with Gasteiger partial charge in [0, 0.05) is 24.2 Å². The Hall–Kier alpha value is -3.33. The smallest absolute Gasteiger partial charge is 0.197 e. The largest absolute Gasteiger partial charge is 0.495 e. The first-order valence-corrected chi connectivity index (χ1v) is 11.5. The van der Waals surface area contributed by atoms with E-state index in [1.807, 2.05) is 24.4 Å². The second-order valence-corrected chi connectivity index (χ2v) is 8.95. The van der Waals surface area contributed by atoms with Gasteiger partial charge in [-0.25, -0.2) is 9.97 Å². The fourth-order valence-electron chi connectivity index (χ4n) is 4.64. The number of nitriles is 1. The summed E-state index contributed by atoms with van der Waals surface area (Å²) in [4.78, 5) is 9.13. The molecule has 2 saturated carbocycles. The highest BCUT2D eigenvalue weighted by molar-refractivity contribution is 5.61. The minimum atomic E-state index is 0.513. The monoisotopic (exact) mass is 428 g/mol. The molecule has 0 radical (unpaired) electrons. The lowest BCUT2D eigenvalue weighted by Crippen LogP contribution is -2.21. The highest BCUT2D eigenvalue weighted by atomic mass is 16.5. The molecule has 32 heavy (non-hydrogen) atoms. The van der Waals surface area contributed by atoms with Crippen molar-refractivity contribution >= 4 is 5.82 Å². The van der Waals surface area contributed by atoms with Crippen LogP contribution in [0.15, 0.2) is 47.2 Å². The number of rotatable bonds is 7. The molecule has 3 aromatic rings. The SMILES string of the molecule is COc1ccc([C@H]2CC[C@H](CNc3cc(-c4coc(C5CC5)n4)ccn3)CC2)cc1C#N. The van der Waals surface area contributed by atoms with E-state index >= 15 is 0 Å². The van der Waals surface area contributed by atoms with Gasteiger partial charge in [0.05, 0.1) is 12.7 Å². The quantitative estimate of drug-likeness (QED) is 0.506. The summed E-state index contributed by atoms with van der Waals surface area (Å²) in [5, 5.41) is 12.9. The first-order chi connectivity index (χ1) is 15.7. The number of oxazole rings is 1. The minimum Gasteiger partial charge on any atom is -0.495 e. The zero-order chi connectivity index (χ0) is 21.9. The van der Waals surface area contributed by atoms with E-state index in [-0.39, 0.29) is 0 Å². The molecule has 1 N–H and O–H groups in total. The summed E-state index contributed by atoms with van der Waals surface area (Å²) in [6, 6.07) is 12.3. The zero-order valence-corrected chi connectivity index (χ0v) is 18.4. The number of anilines is 1. The minimum absolute atomic E-state index is 0.513. The molecule has 0 spiro atoms. The van der Waals surface area contributed by atoms with E-state index in [9.17, 15) is 5.26 Å². The fraction of sp³-hybridized carbons (Fsp3) is 0.423. The average molecular weight is 429 g/mol. The molecule has 2 heterocycles. The van der Waals surface area contributed by atoms with E-state index in [2.05, 4.69) is 33.5 Å². The van der Waals surface area contributed by atoms with Crippen molar-refractivity contribution in [3.05, 3.63) is 59.8 Å². The van der Waals surface area contributed by atoms with E-state index in [4.69, 9.17) is 9.15 Å². The number of nitrogens with one attached hydrogen (secondary N) is 1. The molecule has 6 nitrogen and oxygen atoms in total. The van der Waals surface area contributed by atoms with Crippen molar-refractivity contribution in [2.75, 3.05) is 19.0 Å². The van der Waals surface area contributed by atoms with Crippen molar-refractivity contribution in [2.24, 2.45) is 5.92 Å². The molecule has 0 unspecified atom stereocenters. The molecule has 0 amide bonds. The van der Waals surface area contributed by atoms with Gasteiger partial charge in [-0.2, -0.15) is 5.26 Å². The number of methoxy groups -OCH3 is 1. The second-order valence-electron chi connectivity index (χ2n) is 8.95. The van der Waals surface area contributed by atoms with Crippen LogP contribution in [-0.4, -0.2) is 23.6 Å². The normalized spacial score (nSPS) is 20.5. The van der Waals surface area contributed by atoms with Gasteiger partial charge in [-0.05, 0) is 80.2 Å². The summed E-state index contributed by atoms with van der Waals surface area (Å²) >= 11 is 0. The molecule has 0 saturated heterocycles. The molecule has 2 aliphatic rings. The van der Waals surface area contributed by atoms with Crippen LogP contribution in [0, 0.1) is 17.2 Å². The number of aromatic nitrogens is 2. The molecule has 6 heteroatoms. The number of ether oxygens (including phenoxy) is 1. The Morgan fingerprint density at radius 3 is 2.66 bits per heavy atom. The predicted octanol–water partition coefficient (Wildman–Crippen LogP) is 5.88. The molecular formula is C26H28N4O2. The highest BCUT2D eigenvalue weighted by Gasteiger charge is 2.28. The standard InChI is InChI=1S/C26H28N4O2/c1-31-24-9-8-20(12-22(24)14-27)18-4-2-17(3-5-18)15-29-25-13-21(10-11-28-25)23-16-32-26(30-23)19-6-7-19/h8-13,16-19H,2-7,15H2,1H3,(H,28,29)/t17-,18-. The van der Waals surface area contributed by atoms with Crippen molar-refractivity contribution in [1.29, 1.82) is 5.26 Å². The van der Waals surface area contributed by atoms with E-state index in [0.717, 1.165) is 42.4 Å². The number of pyridine rings is 1. The van der Waals surface area contributed by atoms with Crippen molar-refractivity contribution < 1.29 is 9.15 Å². The molecule has 164 valence electrons. The topological polar surface area (TPSA) is 84.0 Å². The van der Waals surface area contributed by atoms with Crippen molar-refractivity contribution in [2.45, 2.75) is 50.4 Å². The van der Waals surface area contributed by atoms with Crippen LogP contribution in [0.4, 0.5) is 5.82 Å². The molecule has 0 bridgehead atoms. The van der Waals surface area contributed by atoms with Crippen molar-refractivity contribution in [3.8, 4) is 23.1 Å². The number of hydrogen-bond acceptors (Lipinski definition) is 6. The van der Waals surface area contributed by atoms with Crippen LogP contribution in [0.5, 0.6) is 5.75 Å². The van der Waals surface area contributed by atoms with Gasteiger partial charge in [-0.3, -0.25) is 0 Å². The maximum Gasteiger partial charge on any atom is 0.197 e. The molecule has 2 aromatic heterocycles. The Morgan fingerprint density at radius 2 is 1.91 bits per heavy atom. The number of benzene rings is 1. The third-order valence-electron chi connectivity index (χ3n) is 6.74. The van der Waals surface area contributed by atoms with Gasteiger partial charge in [-0.15, -0.1) is 0 Å². The van der Waals surface area contributed by atoms with Crippen molar-refractivity contribution in [3.63, 3.8) is 0 Å². The lowest BCUT2D eigenvalue weighted by Gasteiger charge is -2.29. The molecule has 2 aliphatic carbocycles. The van der Waals surface area contributed by atoms with Crippen LogP contribution < -0.4 is 10.1 Å². The summed E-state index contributed by atoms with van der Waals surface area (Å²) in [6.07, 6.45) is 10.6. The highest BCUT2D eigenvalue weighted by Crippen LogP contribution is 2.40. The zero-order valence-electron chi connectivity index (χ0n) is 18.4. The number of nitrogens with zero attached hydrogens (tertiary/aromatic N) is 3. The third-order valence-corrected chi connectivity index (χ3v) is 6.74. The molecule has 1 aromatic carbocycles. The maximum absolute atomic E-state index is 9.36. The Kier molecular flexibility index (Phi) is 5.81. The van der Waals surface area contributed by atoms with Crippen molar-refractivity contribution in [1.82, 2.24) is 9.97 Å². The Bertz CT molecular complexity index is 1120. The van der Waals surface area contributed by atoms with Gasteiger partial charge >= 0.3 is 0 Å². The van der Waals surface area contributed by atoms with Gasteiger partial charge in [-0.1, -0.05) is 6.07 Å². The Balaban J connectivity index is 1.15. The summed E-state index contributed by atoms with van der Waals surface area (Å²) < 4.78 is 10.9. The maximum atomic E-state index is 9.36. The first kappa shape index (κ1) is 20.6. The molecule has 0 aliphatic heterocycles. The van der Waals surface area contributed by atoms with E-state index in [1.165, 1.54) is 31.2 Å². The van der Waals surface area contributed by atoms with Gasteiger partial charge in [0.25, 0.3) is 0 Å².